The number of rotatable bonds is 1. The van der Waals surface area contributed by atoms with Crippen molar-refractivity contribution < 1.29 is 24.6 Å². The zero-order chi connectivity index (χ0) is 16.0. The van der Waals surface area contributed by atoms with Crippen LogP contribution in [-0.4, -0.2) is 34.0 Å². The minimum absolute atomic E-state index is 0.125. The van der Waals surface area contributed by atoms with Gasteiger partial charge in [0.05, 0.1) is 0 Å². The Hall–Kier alpha value is -1.92. The van der Waals surface area contributed by atoms with Crippen molar-refractivity contribution in [2.75, 3.05) is 0 Å². The Bertz CT molecular complexity index is 534. The van der Waals surface area contributed by atoms with Crippen molar-refractivity contribution in [2.45, 2.75) is 31.8 Å². The lowest BCUT2D eigenvalue weighted by atomic mass is 9.93. The predicted molar refractivity (Wildman–Crippen MR) is 76.3 cm³/mol. The number of carboxylic acids is 2. The summed E-state index contributed by atoms with van der Waals surface area (Å²) in [5, 5.41) is 18.9. The van der Waals surface area contributed by atoms with Crippen molar-refractivity contribution in [3.05, 3.63) is 34.9 Å². The molecular weight excluding hydrogens is 298 g/mol. The van der Waals surface area contributed by atoms with E-state index < -0.39 is 11.9 Å². The smallest absolute Gasteiger partial charge is 0.414 e. The molecule has 114 valence electrons. The predicted octanol–water partition coefficient (Wildman–Crippen LogP) is 1.88. The van der Waals surface area contributed by atoms with E-state index in [-0.39, 0.29) is 12.1 Å². The maximum atomic E-state index is 11.5. The van der Waals surface area contributed by atoms with E-state index in [0.717, 1.165) is 10.6 Å². The zero-order valence-corrected chi connectivity index (χ0v) is 12.1. The number of halogens is 1. The molecule has 0 radical (unpaired) electrons. The van der Waals surface area contributed by atoms with E-state index in [0.29, 0.717) is 18.6 Å². The van der Waals surface area contributed by atoms with E-state index in [1.165, 1.54) is 0 Å². The molecule has 1 heterocycles. The minimum Gasteiger partial charge on any atom is -0.473 e. The van der Waals surface area contributed by atoms with Crippen LogP contribution in [0.2, 0.25) is 5.02 Å². The Morgan fingerprint density at radius 2 is 1.86 bits per heavy atom. The molecule has 1 aromatic rings. The van der Waals surface area contributed by atoms with E-state index in [1.807, 2.05) is 31.2 Å². The summed E-state index contributed by atoms with van der Waals surface area (Å²) in [6.07, 6.45) is 1.21. The maximum absolute atomic E-state index is 11.5. The molecule has 7 heteroatoms. The van der Waals surface area contributed by atoms with Gasteiger partial charge in [0.25, 0.3) is 0 Å². The van der Waals surface area contributed by atoms with Crippen LogP contribution >= 0.6 is 11.6 Å². The molecule has 1 fully saturated rings. The summed E-state index contributed by atoms with van der Waals surface area (Å²) in [5.74, 6) is -3.32. The van der Waals surface area contributed by atoms with E-state index in [4.69, 9.17) is 31.4 Å². The van der Waals surface area contributed by atoms with Gasteiger partial charge in [-0.05, 0) is 24.6 Å². The normalized spacial score (nSPS) is 21.1. The first-order valence-electron chi connectivity index (χ1n) is 6.29. The second-order valence-corrected chi connectivity index (χ2v) is 5.17. The summed E-state index contributed by atoms with van der Waals surface area (Å²) in [6.45, 7) is 2.04. The lowest BCUT2D eigenvalue weighted by Crippen LogP contribution is -2.38. The SMILES string of the molecule is C[C@@H]1CC(=O)C[C@H](c2cccc(Cl)c2)N1.O=C(O)C(=O)O. The largest absolute Gasteiger partial charge is 0.473 e. The van der Waals surface area contributed by atoms with Gasteiger partial charge < -0.3 is 15.5 Å². The molecule has 0 unspecified atom stereocenters. The summed E-state index contributed by atoms with van der Waals surface area (Å²) >= 11 is 5.92. The number of nitrogens with one attached hydrogen (secondary N) is 1. The fraction of sp³-hybridized carbons (Fsp3) is 0.357. The molecule has 21 heavy (non-hydrogen) atoms. The van der Waals surface area contributed by atoms with Gasteiger partial charge in [0.15, 0.2) is 0 Å². The number of carboxylic acid groups (broad SMARTS) is 2. The molecule has 0 aliphatic carbocycles. The van der Waals surface area contributed by atoms with Crippen LogP contribution in [0.3, 0.4) is 0 Å². The third-order valence-corrected chi connectivity index (χ3v) is 3.12. The van der Waals surface area contributed by atoms with Crippen LogP contribution in [0.1, 0.15) is 31.4 Å². The van der Waals surface area contributed by atoms with Crippen molar-refractivity contribution in [2.24, 2.45) is 0 Å². The van der Waals surface area contributed by atoms with Crippen LogP contribution in [0.15, 0.2) is 24.3 Å². The van der Waals surface area contributed by atoms with Gasteiger partial charge >= 0.3 is 11.9 Å². The van der Waals surface area contributed by atoms with Gasteiger partial charge in [-0.3, -0.25) is 4.79 Å². The highest BCUT2D eigenvalue weighted by Gasteiger charge is 2.24. The van der Waals surface area contributed by atoms with Crippen molar-refractivity contribution in [3.63, 3.8) is 0 Å². The Balaban J connectivity index is 0.000000315. The number of aliphatic carboxylic acids is 2. The summed E-state index contributed by atoms with van der Waals surface area (Å²) in [4.78, 5) is 29.7. The van der Waals surface area contributed by atoms with Gasteiger partial charge in [0.2, 0.25) is 0 Å². The quantitative estimate of drug-likeness (QED) is 0.684. The first-order chi connectivity index (χ1) is 9.79. The number of benzene rings is 1. The number of Topliss-reactive ketones (excluding diaryl/α,β-unsaturated/α-hetero) is 1. The van der Waals surface area contributed by atoms with Crippen LogP contribution in [-0.2, 0) is 14.4 Å². The zero-order valence-electron chi connectivity index (χ0n) is 11.4. The molecule has 0 bridgehead atoms. The molecule has 1 aliphatic rings. The maximum Gasteiger partial charge on any atom is 0.414 e. The molecule has 2 rings (SSSR count). The highest BCUT2D eigenvalue weighted by atomic mass is 35.5. The van der Waals surface area contributed by atoms with Crippen molar-refractivity contribution in [3.8, 4) is 0 Å². The number of carbonyl (C=O) groups is 3. The lowest BCUT2D eigenvalue weighted by molar-refractivity contribution is -0.159. The minimum atomic E-state index is -1.82. The summed E-state index contributed by atoms with van der Waals surface area (Å²) in [6, 6.07) is 8.08. The average Bonchev–Trinajstić information content (AvgIpc) is 2.38. The van der Waals surface area contributed by atoms with Gasteiger partial charge in [0.1, 0.15) is 5.78 Å². The first-order valence-corrected chi connectivity index (χ1v) is 6.66. The molecule has 1 saturated heterocycles. The third kappa shape index (κ3) is 5.93. The van der Waals surface area contributed by atoms with Crippen molar-refractivity contribution in [1.82, 2.24) is 5.32 Å². The molecule has 0 saturated carbocycles. The molecule has 0 amide bonds. The van der Waals surface area contributed by atoms with Gasteiger partial charge in [-0.1, -0.05) is 23.7 Å². The van der Waals surface area contributed by atoms with Gasteiger partial charge in [-0.25, -0.2) is 9.59 Å². The summed E-state index contributed by atoms with van der Waals surface area (Å²) in [5.41, 5.74) is 1.10. The van der Waals surface area contributed by atoms with Crippen LogP contribution in [0.25, 0.3) is 0 Å². The molecule has 6 nitrogen and oxygen atoms in total. The standard InChI is InChI=1S/C12H14ClNO.C2H2O4/c1-8-5-11(15)7-12(14-8)9-3-2-4-10(13)6-9;3-1(4)2(5)6/h2-4,6,8,12,14H,5,7H2,1H3;(H,3,4)(H,5,6)/t8-,12-;/m1./s1. The van der Waals surface area contributed by atoms with Gasteiger partial charge in [-0.15, -0.1) is 0 Å². The highest BCUT2D eigenvalue weighted by Crippen LogP contribution is 2.25. The Kier molecular flexibility index (Phi) is 6.33. The van der Waals surface area contributed by atoms with E-state index >= 15 is 0 Å². The Morgan fingerprint density at radius 1 is 1.24 bits per heavy atom. The van der Waals surface area contributed by atoms with E-state index in [1.54, 1.807) is 0 Å². The molecule has 1 aliphatic heterocycles. The molecule has 0 aromatic heterocycles. The van der Waals surface area contributed by atoms with Crippen LogP contribution in [0.4, 0.5) is 0 Å². The molecule has 1 aromatic carbocycles. The van der Waals surface area contributed by atoms with Crippen LogP contribution in [0, 0.1) is 0 Å². The Labute approximate surface area is 126 Å². The molecule has 2 atom stereocenters. The second-order valence-electron chi connectivity index (χ2n) is 4.73. The summed E-state index contributed by atoms with van der Waals surface area (Å²) < 4.78 is 0. The lowest BCUT2D eigenvalue weighted by Gasteiger charge is -2.28. The van der Waals surface area contributed by atoms with Gasteiger partial charge in [0, 0.05) is 29.9 Å². The van der Waals surface area contributed by atoms with Crippen molar-refractivity contribution >= 4 is 29.3 Å². The van der Waals surface area contributed by atoms with Crippen molar-refractivity contribution in [1.29, 1.82) is 0 Å². The fourth-order valence-corrected chi connectivity index (χ4v) is 2.25. The van der Waals surface area contributed by atoms with E-state index in [9.17, 15) is 4.79 Å². The third-order valence-electron chi connectivity index (χ3n) is 2.89. The van der Waals surface area contributed by atoms with Crippen LogP contribution < -0.4 is 5.32 Å². The highest BCUT2D eigenvalue weighted by molar-refractivity contribution is 6.30. The first kappa shape index (κ1) is 17.1. The summed E-state index contributed by atoms with van der Waals surface area (Å²) in [7, 11) is 0. The molecular formula is C14H16ClNO5. The number of hydrogen-bond donors (Lipinski definition) is 3. The van der Waals surface area contributed by atoms with Gasteiger partial charge in [-0.2, -0.15) is 0 Å². The molecule has 0 spiro atoms. The monoisotopic (exact) mass is 313 g/mol. The number of piperidine rings is 1. The number of carbonyl (C=O) groups excluding carboxylic acids is 1. The van der Waals surface area contributed by atoms with Crippen LogP contribution in [0.5, 0.6) is 0 Å². The number of ketones is 1. The fourth-order valence-electron chi connectivity index (χ4n) is 2.05. The number of hydrogen-bond acceptors (Lipinski definition) is 4. The second kappa shape index (κ2) is 7.75. The van der Waals surface area contributed by atoms with E-state index in [2.05, 4.69) is 5.32 Å². The Morgan fingerprint density at radius 3 is 2.33 bits per heavy atom. The average molecular weight is 314 g/mol. The molecule has 3 N–H and O–H groups in total. The topological polar surface area (TPSA) is 104 Å².